The highest BCUT2D eigenvalue weighted by Crippen LogP contribution is 2.34. The molecule has 4 nitrogen and oxygen atoms in total. The molecule has 0 fully saturated rings. The van der Waals surface area contributed by atoms with Crippen LogP contribution in [0.15, 0.2) is 30.7 Å². The van der Waals surface area contributed by atoms with Gasteiger partial charge in [-0.05, 0) is 6.07 Å². The van der Waals surface area contributed by atoms with E-state index >= 15 is 0 Å². The van der Waals surface area contributed by atoms with Crippen LogP contribution in [0.4, 0.5) is 0 Å². The number of halogens is 2. The zero-order chi connectivity index (χ0) is 12.4. The largest absolute Gasteiger partial charge is 0.478 e. The van der Waals surface area contributed by atoms with Gasteiger partial charge in [0.05, 0.1) is 27.5 Å². The third-order valence-corrected chi connectivity index (χ3v) is 3.03. The topological polar surface area (TPSA) is 63.1 Å². The number of rotatable bonds is 2. The van der Waals surface area contributed by atoms with Gasteiger partial charge in [-0.15, -0.1) is 0 Å². The summed E-state index contributed by atoms with van der Waals surface area (Å²) < 4.78 is 0. The SMILES string of the molecule is O=C(O)c1ccc(-c2cnccn2)c(Cl)c1Cl. The van der Waals surface area contributed by atoms with Crippen molar-refractivity contribution < 1.29 is 9.90 Å². The predicted molar refractivity (Wildman–Crippen MR) is 64.4 cm³/mol. The Morgan fingerprint density at radius 1 is 1.18 bits per heavy atom. The lowest BCUT2D eigenvalue weighted by atomic mass is 10.1. The molecule has 0 saturated heterocycles. The number of aromatic nitrogens is 2. The molecule has 0 aliphatic rings. The fourth-order valence-electron chi connectivity index (χ4n) is 1.35. The molecule has 86 valence electrons. The zero-order valence-electron chi connectivity index (χ0n) is 8.39. The van der Waals surface area contributed by atoms with Crippen LogP contribution in [0.2, 0.25) is 10.0 Å². The molecule has 6 heteroatoms. The molecular formula is C11H6Cl2N2O2. The van der Waals surface area contributed by atoms with E-state index in [1.165, 1.54) is 24.7 Å². The number of benzene rings is 1. The highest BCUT2D eigenvalue weighted by molar-refractivity contribution is 6.45. The highest BCUT2D eigenvalue weighted by atomic mass is 35.5. The summed E-state index contributed by atoms with van der Waals surface area (Å²) in [6.45, 7) is 0. The minimum atomic E-state index is -1.12. The summed E-state index contributed by atoms with van der Waals surface area (Å²) in [5.41, 5.74) is 1.05. The Balaban J connectivity index is 2.60. The monoisotopic (exact) mass is 268 g/mol. The summed E-state index contributed by atoms with van der Waals surface area (Å²) in [5, 5.41) is 9.04. The summed E-state index contributed by atoms with van der Waals surface area (Å²) in [6.07, 6.45) is 4.58. The summed E-state index contributed by atoms with van der Waals surface area (Å²) in [6, 6.07) is 2.95. The second-order valence-corrected chi connectivity index (χ2v) is 3.94. The molecule has 0 saturated carbocycles. The van der Waals surface area contributed by atoms with Crippen molar-refractivity contribution in [2.75, 3.05) is 0 Å². The van der Waals surface area contributed by atoms with Gasteiger partial charge in [-0.1, -0.05) is 29.3 Å². The van der Waals surface area contributed by atoms with Gasteiger partial charge in [0.15, 0.2) is 0 Å². The first-order valence-corrected chi connectivity index (χ1v) is 5.34. The Hall–Kier alpha value is -1.65. The maximum atomic E-state index is 10.9. The van der Waals surface area contributed by atoms with Gasteiger partial charge >= 0.3 is 5.97 Å². The third-order valence-electron chi connectivity index (χ3n) is 2.15. The maximum Gasteiger partial charge on any atom is 0.337 e. The van der Waals surface area contributed by atoms with Crippen LogP contribution >= 0.6 is 23.2 Å². The van der Waals surface area contributed by atoms with Crippen LogP contribution < -0.4 is 0 Å². The highest BCUT2D eigenvalue weighted by Gasteiger charge is 2.16. The number of nitrogens with zero attached hydrogens (tertiary/aromatic N) is 2. The molecule has 0 amide bonds. The lowest BCUT2D eigenvalue weighted by molar-refractivity contribution is 0.0697. The molecule has 0 bridgehead atoms. The van der Waals surface area contributed by atoms with Crippen molar-refractivity contribution >= 4 is 29.2 Å². The number of carboxylic acids is 1. The second-order valence-electron chi connectivity index (χ2n) is 3.18. The molecule has 17 heavy (non-hydrogen) atoms. The first-order chi connectivity index (χ1) is 8.11. The van der Waals surface area contributed by atoms with Crippen molar-refractivity contribution in [3.63, 3.8) is 0 Å². The lowest BCUT2D eigenvalue weighted by Crippen LogP contribution is -1.98. The Labute approximate surface area is 107 Å². The molecule has 1 heterocycles. The average Bonchev–Trinajstić information content (AvgIpc) is 2.33. The standard InChI is InChI=1S/C11H6Cl2N2O2/c12-9-6(8-5-14-3-4-15-8)1-2-7(10(9)13)11(16)17/h1-5H,(H,16,17). The molecule has 1 aromatic heterocycles. The summed E-state index contributed by atoms with van der Waals surface area (Å²) in [5.74, 6) is -1.12. The normalized spacial score (nSPS) is 10.2. The van der Waals surface area contributed by atoms with Crippen LogP contribution in [0.1, 0.15) is 10.4 Å². The van der Waals surface area contributed by atoms with Gasteiger partial charge in [-0.2, -0.15) is 0 Å². The van der Waals surface area contributed by atoms with Crippen molar-refractivity contribution in [2.24, 2.45) is 0 Å². The number of carboxylic acid groups (broad SMARTS) is 1. The molecule has 0 atom stereocenters. The van der Waals surface area contributed by atoms with Crippen LogP contribution in [0, 0.1) is 0 Å². The Morgan fingerprint density at radius 3 is 2.53 bits per heavy atom. The summed E-state index contributed by atoms with van der Waals surface area (Å²) in [4.78, 5) is 18.8. The van der Waals surface area contributed by atoms with Crippen LogP contribution in [-0.4, -0.2) is 21.0 Å². The second kappa shape index (κ2) is 4.69. The van der Waals surface area contributed by atoms with E-state index in [2.05, 4.69) is 9.97 Å². The average molecular weight is 269 g/mol. The molecule has 2 aromatic rings. The van der Waals surface area contributed by atoms with Crippen molar-refractivity contribution in [1.82, 2.24) is 9.97 Å². The molecule has 0 aliphatic carbocycles. The quantitative estimate of drug-likeness (QED) is 0.909. The van der Waals surface area contributed by atoms with Gasteiger partial charge in [0.1, 0.15) is 0 Å². The number of carbonyl (C=O) groups is 1. The minimum absolute atomic E-state index is 0.00215. The number of aromatic carboxylic acids is 1. The van der Waals surface area contributed by atoms with Crippen LogP contribution in [-0.2, 0) is 0 Å². The van der Waals surface area contributed by atoms with E-state index in [0.717, 1.165) is 0 Å². The van der Waals surface area contributed by atoms with Crippen LogP contribution in [0.25, 0.3) is 11.3 Å². The molecule has 0 aliphatic heterocycles. The molecule has 0 spiro atoms. The van der Waals surface area contributed by atoms with Gasteiger partial charge in [0.2, 0.25) is 0 Å². The molecule has 1 N–H and O–H groups in total. The van der Waals surface area contributed by atoms with Crippen molar-refractivity contribution in [3.8, 4) is 11.3 Å². The molecule has 0 unspecified atom stereocenters. The first kappa shape index (κ1) is 11.8. The van der Waals surface area contributed by atoms with E-state index in [9.17, 15) is 4.79 Å². The lowest BCUT2D eigenvalue weighted by Gasteiger charge is -2.07. The van der Waals surface area contributed by atoms with Gasteiger partial charge in [-0.25, -0.2) is 4.79 Å². The minimum Gasteiger partial charge on any atom is -0.478 e. The summed E-state index contributed by atoms with van der Waals surface area (Å²) in [7, 11) is 0. The van der Waals surface area contributed by atoms with Gasteiger partial charge < -0.3 is 5.11 Å². The van der Waals surface area contributed by atoms with E-state index in [-0.39, 0.29) is 15.6 Å². The molecule has 0 radical (unpaired) electrons. The van der Waals surface area contributed by atoms with E-state index in [1.54, 1.807) is 6.07 Å². The maximum absolute atomic E-state index is 10.9. The summed E-state index contributed by atoms with van der Waals surface area (Å²) >= 11 is 11.9. The predicted octanol–water partition coefficient (Wildman–Crippen LogP) is 3.15. The van der Waals surface area contributed by atoms with E-state index < -0.39 is 5.97 Å². The van der Waals surface area contributed by atoms with Crippen LogP contribution in [0.3, 0.4) is 0 Å². The smallest absolute Gasteiger partial charge is 0.337 e. The van der Waals surface area contributed by atoms with Crippen molar-refractivity contribution in [3.05, 3.63) is 46.3 Å². The Kier molecular flexibility index (Phi) is 3.26. The first-order valence-electron chi connectivity index (χ1n) is 4.59. The van der Waals surface area contributed by atoms with Gasteiger partial charge in [0, 0.05) is 18.0 Å². The van der Waals surface area contributed by atoms with E-state index in [4.69, 9.17) is 28.3 Å². The third kappa shape index (κ3) is 2.23. The Bertz CT molecular complexity index is 573. The molecular weight excluding hydrogens is 263 g/mol. The Morgan fingerprint density at radius 2 is 1.94 bits per heavy atom. The fraction of sp³-hybridized carbons (Fsp3) is 0. The molecule has 2 rings (SSSR count). The number of hydrogen-bond donors (Lipinski definition) is 1. The van der Waals surface area contributed by atoms with E-state index in [0.29, 0.717) is 11.3 Å². The molecule has 1 aromatic carbocycles. The number of hydrogen-bond acceptors (Lipinski definition) is 3. The van der Waals surface area contributed by atoms with E-state index in [1.807, 2.05) is 0 Å². The van der Waals surface area contributed by atoms with Crippen molar-refractivity contribution in [1.29, 1.82) is 0 Å². The fourth-order valence-corrected chi connectivity index (χ4v) is 1.86. The zero-order valence-corrected chi connectivity index (χ0v) is 9.90. The van der Waals surface area contributed by atoms with Gasteiger partial charge in [-0.3, -0.25) is 9.97 Å². The van der Waals surface area contributed by atoms with Gasteiger partial charge in [0.25, 0.3) is 0 Å². The van der Waals surface area contributed by atoms with Crippen molar-refractivity contribution in [2.45, 2.75) is 0 Å². The van der Waals surface area contributed by atoms with Crippen LogP contribution in [0.5, 0.6) is 0 Å².